The highest BCUT2D eigenvalue weighted by atomic mass is 16.5. The van der Waals surface area contributed by atoms with Crippen LogP contribution in [0.3, 0.4) is 0 Å². The highest BCUT2D eigenvalue weighted by molar-refractivity contribution is 5.92. The summed E-state index contributed by atoms with van der Waals surface area (Å²) in [5.74, 6) is 2.52. The van der Waals surface area contributed by atoms with E-state index in [0.717, 1.165) is 29.9 Å². The largest absolute Gasteiger partial charge is 0.497 e. The third-order valence-electron chi connectivity index (χ3n) is 5.94. The Morgan fingerprint density at radius 3 is 2.28 bits per heavy atom. The third kappa shape index (κ3) is 8.48. The van der Waals surface area contributed by atoms with E-state index < -0.39 is 0 Å². The summed E-state index contributed by atoms with van der Waals surface area (Å²) in [6.45, 7) is 7.45. The molecule has 36 heavy (non-hydrogen) atoms. The van der Waals surface area contributed by atoms with Crippen LogP contribution in [0.4, 0.5) is 10.5 Å². The van der Waals surface area contributed by atoms with E-state index in [1.165, 1.54) is 0 Å². The normalized spacial score (nSPS) is 10.8. The van der Waals surface area contributed by atoms with Gasteiger partial charge in [0.1, 0.15) is 23.8 Å². The van der Waals surface area contributed by atoms with Crippen molar-refractivity contribution in [2.75, 3.05) is 32.1 Å². The van der Waals surface area contributed by atoms with Crippen molar-refractivity contribution in [1.82, 2.24) is 9.80 Å². The minimum Gasteiger partial charge on any atom is -0.497 e. The molecule has 0 aliphatic heterocycles. The monoisotopic (exact) mass is 491 g/mol. The number of hydrogen-bond acceptors (Lipinski definition) is 4. The minimum absolute atomic E-state index is 0.0107. The molecular formula is C29H37N3O4. The number of rotatable bonds is 12. The van der Waals surface area contributed by atoms with Gasteiger partial charge in [0.15, 0.2) is 0 Å². The van der Waals surface area contributed by atoms with E-state index in [1.54, 1.807) is 41.2 Å². The number of benzene rings is 2. The molecule has 3 aromatic rings. The maximum atomic E-state index is 13.5. The number of urea groups is 1. The zero-order valence-electron chi connectivity index (χ0n) is 21.7. The fourth-order valence-electron chi connectivity index (χ4n) is 3.77. The molecular weight excluding hydrogens is 454 g/mol. The number of hydrogen-bond donors (Lipinski definition) is 1. The first-order valence-electron chi connectivity index (χ1n) is 12.4. The average Bonchev–Trinajstić information content (AvgIpc) is 3.29. The Bertz CT molecular complexity index is 1090. The number of nitrogens with one attached hydrogen (secondary N) is 1. The van der Waals surface area contributed by atoms with Gasteiger partial charge in [0.05, 0.1) is 13.7 Å². The van der Waals surface area contributed by atoms with Gasteiger partial charge >= 0.3 is 6.03 Å². The van der Waals surface area contributed by atoms with Crippen LogP contribution in [0.15, 0.2) is 71.1 Å². The molecule has 7 heteroatoms. The van der Waals surface area contributed by atoms with Crippen LogP contribution in [0.2, 0.25) is 0 Å². The maximum absolute atomic E-state index is 13.5. The van der Waals surface area contributed by atoms with Gasteiger partial charge in [-0.1, -0.05) is 44.2 Å². The van der Waals surface area contributed by atoms with Crippen molar-refractivity contribution in [1.29, 1.82) is 0 Å². The molecule has 0 saturated carbocycles. The number of carbonyl (C=O) groups is 2. The van der Waals surface area contributed by atoms with Crippen molar-refractivity contribution in [3.05, 3.63) is 83.8 Å². The number of anilines is 1. The molecule has 0 spiro atoms. The number of amides is 3. The summed E-state index contributed by atoms with van der Waals surface area (Å²) >= 11 is 0. The number of ether oxygens (including phenoxy) is 1. The maximum Gasteiger partial charge on any atom is 0.322 e. The molecule has 7 nitrogen and oxygen atoms in total. The highest BCUT2D eigenvalue weighted by Gasteiger charge is 2.23. The Hall–Kier alpha value is -3.74. The average molecular weight is 492 g/mol. The van der Waals surface area contributed by atoms with Crippen LogP contribution < -0.4 is 10.1 Å². The predicted molar refractivity (Wildman–Crippen MR) is 142 cm³/mol. The second-order valence-electron chi connectivity index (χ2n) is 9.33. The lowest BCUT2D eigenvalue weighted by atomic mass is 10.1. The van der Waals surface area contributed by atoms with Crippen LogP contribution in [0.25, 0.3) is 0 Å². The first-order valence-corrected chi connectivity index (χ1v) is 12.4. The Labute approximate surface area is 214 Å². The van der Waals surface area contributed by atoms with Crippen molar-refractivity contribution >= 4 is 17.6 Å². The number of methoxy groups -OCH3 is 1. The van der Waals surface area contributed by atoms with Gasteiger partial charge in [0.25, 0.3) is 0 Å². The topological polar surface area (TPSA) is 75.0 Å². The molecule has 1 aromatic heterocycles. The third-order valence-corrected chi connectivity index (χ3v) is 5.94. The van der Waals surface area contributed by atoms with Crippen LogP contribution in [0.5, 0.6) is 5.75 Å². The van der Waals surface area contributed by atoms with Gasteiger partial charge in [-0.15, -0.1) is 0 Å². The smallest absolute Gasteiger partial charge is 0.322 e. The van der Waals surface area contributed by atoms with E-state index in [1.807, 2.05) is 37.3 Å². The van der Waals surface area contributed by atoms with E-state index in [2.05, 4.69) is 31.3 Å². The van der Waals surface area contributed by atoms with E-state index in [-0.39, 0.29) is 18.5 Å². The molecule has 0 aliphatic carbocycles. The summed E-state index contributed by atoms with van der Waals surface area (Å²) < 4.78 is 10.9. The lowest BCUT2D eigenvalue weighted by molar-refractivity contribution is -0.132. The first-order chi connectivity index (χ1) is 17.3. The number of furan rings is 1. The zero-order valence-corrected chi connectivity index (χ0v) is 21.7. The summed E-state index contributed by atoms with van der Waals surface area (Å²) in [6.07, 6.45) is 1.51. The van der Waals surface area contributed by atoms with Gasteiger partial charge in [-0.05, 0) is 67.6 Å². The highest BCUT2D eigenvalue weighted by Crippen LogP contribution is 2.17. The lowest BCUT2D eigenvalue weighted by Gasteiger charge is -2.28. The summed E-state index contributed by atoms with van der Waals surface area (Å²) in [4.78, 5) is 30.1. The molecule has 0 atom stereocenters. The van der Waals surface area contributed by atoms with Crippen LogP contribution in [0, 0.1) is 12.8 Å². The molecule has 0 saturated heterocycles. The fraction of sp³-hybridized carbons (Fsp3) is 0.379. The molecule has 1 heterocycles. The quantitative estimate of drug-likeness (QED) is 0.350. The Kier molecular flexibility index (Phi) is 9.98. The lowest BCUT2D eigenvalue weighted by Crippen LogP contribution is -2.45. The van der Waals surface area contributed by atoms with E-state index >= 15 is 0 Å². The zero-order chi connectivity index (χ0) is 25.9. The van der Waals surface area contributed by atoms with Crippen LogP contribution in [-0.4, -0.2) is 48.5 Å². The molecule has 1 N–H and O–H groups in total. The molecule has 3 rings (SSSR count). The molecule has 0 aliphatic rings. The van der Waals surface area contributed by atoms with Gasteiger partial charge in [-0.25, -0.2) is 4.79 Å². The van der Waals surface area contributed by atoms with E-state index in [0.29, 0.717) is 37.0 Å². The molecule has 0 radical (unpaired) electrons. The van der Waals surface area contributed by atoms with Crippen molar-refractivity contribution in [2.24, 2.45) is 5.92 Å². The Morgan fingerprint density at radius 2 is 1.67 bits per heavy atom. The van der Waals surface area contributed by atoms with Gasteiger partial charge < -0.3 is 24.3 Å². The molecule has 0 unspecified atom stereocenters. The predicted octanol–water partition coefficient (Wildman–Crippen LogP) is 5.75. The second kappa shape index (κ2) is 13.4. The van der Waals surface area contributed by atoms with Crippen molar-refractivity contribution in [3.8, 4) is 5.75 Å². The Morgan fingerprint density at radius 1 is 0.944 bits per heavy atom. The van der Waals surface area contributed by atoms with Gasteiger partial charge in [0, 0.05) is 18.8 Å². The Balaban J connectivity index is 1.72. The summed E-state index contributed by atoms with van der Waals surface area (Å²) in [5.41, 5.74) is 1.80. The van der Waals surface area contributed by atoms with E-state index in [9.17, 15) is 9.59 Å². The van der Waals surface area contributed by atoms with Crippen LogP contribution in [-0.2, 0) is 17.8 Å². The van der Waals surface area contributed by atoms with E-state index in [4.69, 9.17) is 9.15 Å². The van der Waals surface area contributed by atoms with Crippen molar-refractivity contribution in [2.45, 2.75) is 40.2 Å². The number of carbonyl (C=O) groups excluding carboxylic acids is 2. The van der Waals surface area contributed by atoms with Gasteiger partial charge in [0.2, 0.25) is 5.91 Å². The first kappa shape index (κ1) is 26.9. The SMILES string of the molecule is COc1ccc(NC(=O)N(CCC(C)C)CC(=O)N(CCc2ccccc2)Cc2ccc(C)o2)cc1. The summed E-state index contributed by atoms with van der Waals surface area (Å²) in [7, 11) is 1.60. The van der Waals surface area contributed by atoms with Crippen molar-refractivity contribution in [3.63, 3.8) is 0 Å². The number of aryl methyl sites for hydroxylation is 1. The molecule has 0 fully saturated rings. The summed E-state index contributed by atoms with van der Waals surface area (Å²) in [5, 5.41) is 2.91. The van der Waals surface area contributed by atoms with Crippen LogP contribution >= 0.6 is 0 Å². The van der Waals surface area contributed by atoms with Gasteiger partial charge in [-0.2, -0.15) is 0 Å². The number of nitrogens with zero attached hydrogens (tertiary/aromatic N) is 2. The second-order valence-corrected chi connectivity index (χ2v) is 9.33. The molecule has 0 bridgehead atoms. The standard InChI is InChI=1S/C29H37N3O4/c1-22(2)16-18-32(29(34)30-25-11-14-26(35-4)15-12-25)21-28(33)31(20-27-13-10-23(3)36-27)19-17-24-8-6-5-7-9-24/h5-15,22H,16-21H2,1-4H3,(H,30,34). The molecule has 2 aromatic carbocycles. The molecule has 192 valence electrons. The van der Waals surface area contributed by atoms with Crippen molar-refractivity contribution < 1.29 is 18.7 Å². The summed E-state index contributed by atoms with van der Waals surface area (Å²) in [6, 6.07) is 20.7. The van der Waals surface area contributed by atoms with Crippen LogP contribution in [0.1, 0.15) is 37.4 Å². The molecule has 3 amide bonds. The van der Waals surface area contributed by atoms with Gasteiger partial charge in [-0.3, -0.25) is 4.79 Å². The fourth-order valence-corrected chi connectivity index (χ4v) is 3.77. The minimum atomic E-state index is -0.300.